The molecule has 6 nitrogen and oxygen atoms in total. The molecule has 0 fully saturated rings. The van der Waals surface area contributed by atoms with Gasteiger partial charge >= 0.3 is 5.97 Å². The Morgan fingerprint density at radius 2 is 2.14 bits per heavy atom. The van der Waals surface area contributed by atoms with E-state index in [0.717, 1.165) is 0 Å². The van der Waals surface area contributed by atoms with Crippen molar-refractivity contribution < 1.29 is 23.8 Å². The number of aromatic carboxylic acids is 1. The summed E-state index contributed by atoms with van der Waals surface area (Å²) in [6.45, 7) is 1.86. The van der Waals surface area contributed by atoms with Crippen molar-refractivity contribution in [2.75, 3.05) is 0 Å². The third-order valence-electron chi connectivity index (χ3n) is 2.78. The maximum atomic E-state index is 11.9. The van der Waals surface area contributed by atoms with Crippen molar-refractivity contribution >= 4 is 11.9 Å². The summed E-state index contributed by atoms with van der Waals surface area (Å²) in [5.74, 6) is -0.388. The predicted molar refractivity (Wildman–Crippen MR) is 74.0 cm³/mol. The Labute approximate surface area is 121 Å². The van der Waals surface area contributed by atoms with Gasteiger partial charge in [0.1, 0.15) is 11.5 Å². The monoisotopic (exact) mass is 289 g/mol. The van der Waals surface area contributed by atoms with Gasteiger partial charge in [0.05, 0.1) is 18.4 Å². The van der Waals surface area contributed by atoms with Crippen LogP contribution in [-0.2, 0) is 11.3 Å². The minimum absolute atomic E-state index is 0.107. The Morgan fingerprint density at radius 3 is 2.81 bits per heavy atom. The SMILES string of the molecule is CC(Oc1cccc(C(=O)O)c1)C(=O)NCc1ccco1. The van der Waals surface area contributed by atoms with E-state index in [0.29, 0.717) is 11.5 Å². The van der Waals surface area contributed by atoms with Crippen LogP contribution in [0.4, 0.5) is 0 Å². The number of carbonyl (C=O) groups excluding carboxylic acids is 1. The van der Waals surface area contributed by atoms with Gasteiger partial charge in [-0.05, 0) is 37.3 Å². The van der Waals surface area contributed by atoms with Crippen LogP contribution in [0.2, 0.25) is 0 Å². The van der Waals surface area contributed by atoms with E-state index in [1.165, 1.54) is 18.4 Å². The lowest BCUT2D eigenvalue weighted by molar-refractivity contribution is -0.127. The highest BCUT2D eigenvalue weighted by Crippen LogP contribution is 2.15. The molecule has 1 amide bonds. The molecule has 0 aliphatic heterocycles. The molecule has 2 aromatic rings. The minimum Gasteiger partial charge on any atom is -0.481 e. The van der Waals surface area contributed by atoms with E-state index in [9.17, 15) is 9.59 Å². The number of rotatable bonds is 6. The Bertz CT molecular complexity index is 621. The summed E-state index contributed by atoms with van der Waals surface area (Å²) >= 11 is 0. The van der Waals surface area contributed by atoms with Gasteiger partial charge in [-0.15, -0.1) is 0 Å². The molecule has 110 valence electrons. The Hall–Kier alpha value is -2.76. The molecule has 6 heteroatoms. The number of nitrogens with one attached hydrogen (secondary N) is 1. The molecule has 1 heterocycles. The van der Waals surface area contributed by atoms with E-state index < -0.39 is 12.1 Å². The minimum atomic E-state index is -1.05. The van der Waals surface area contributed by atoms with Crippen molar-refractivity contribution in [3.63, 3.8) is 0 Å². The lowest BCUT2D eigenvalue weighted by atomic mass is 10.2. The highest BCUT2D eigenvalue weighted by atomic mass is 16.5. The predicted octanol–water partition coefficient (Wildman–Crippen LogP) is 2.06. The van der Waals surface area contributed by atoms with Crippen LogP contribution >= 0.6 is 0 Å². The number of hydrogen-bond acceptors (Lipinski definition) is 4. The lowest BCUT2D eigenvalue weighted by Gasteiger charge is -2.14. The molecule has 1 atom stereocenters. The van der Waals surface area contributed by atoms with Crippen molar-refractivity contribution in [3.05, 3.63) is 54.0 Å². The second-order valence-corrected chi connectivity index (χ2v) is 4.39. The second kappa shape index (κ2) is 6.60. The summed E-state index contributed by atoms with van der Waals surface area (Å²) in [5.41, 5.74) is 0.107. The van der Waals surface area contributed by atoms with E-state index in [-0.39, 0.29) is 18.0 Å². The first-order valence-electron chi connectivity index (χ1n) is 6.36. The first-order valence-corrected chi connectivity index (χ1v) is 6.36. The first kappa shape index (κ1) is 14.6. The molecule has 0 saturated heterocycles. The summed E-state index contributed by atoms with van der Waals surface area (Å²) in [7, 11) is 0. The molecule has 21 heavy (non-hydrogen) atoms. The quantitative estimate of drug-likeness (QED) is 0.849. The van der Waals surface area contributed by atoms with E-state index in [2.05, 4.69) is 5.32 Å². The van der Waals surface area contributed by atoms with Crippen LogP contribution in [0, 0.1) is 0 Å². The number of carboxylic acid groups (broad SMARTS) is 1. The largest absolute Gasteiger partial charge is 0.481 e. The number of furan rings is 1. The van der Waals surface area contributed by atoms with Gasteiger partial charge in [0.15, 0.2) is 6.10 Å². The molecule has 0 aliphatic carbocycles. The molecule has 0 bridgehead atoms. The number of carboxylic acids is 1. The average Bonchev–Trinajstić information content (AvgIpc) is 2.98. The van der Waals surface area contributed by atoms with Gasteiger partial charge in [-0.2, -0.15) is 0 Å². The van der Waals surface area contributed by atoms with Gasteiger partial charge in [0.25, 0.3) is 5.91 Å². The zero-order valence-electron chi connectivity index (χ0n) is 11.4. The number of amides is 1. The van der Waals surface area contributed by atoms with Gasteiger partial charge in [-0.3, -0.25) is 4.79 Å². The van der Waals surface area contributed by atoms with E-state index in [1.807, 2.05) is 0 Å². The maximum absolute atomic E-state index is 11.9. The Balaban J connectivity index is 1.91. The van der Waals surface area contributed by atoms with Crippen LogP contribution in [0.3, 0.4) is 0 Å². The molecule has 0 radical (unpaired) electrons. The highest BCUT2D eigenvalue weighted by Gasteiger charge is 2.15. The molecular formula is C15H15NO5. The average molecular weight is 289 g/mol. The zero-order valence-corrected chi connectivity index (χ0v) is 11.4. The van der Waals surface area contributed by atoms with Crippen LogP contribution in [0.5, 0.6) is 5.75 Å². The van der Waals surface area contributed by atoms with Crippen LogP contribution in [-0.4, -0.2) is 23.1 Å². The van der Waals surface area contributed by atoms with Gasteiger partial charge in [-0.25, -0.2) is 4.79 Å². The van der Waals surface area contributed by atoms with Crippen molar-refractivity contribution in [1.82, 2.24) is 5.32 Å². The Kier molecular flexibility index (Phi) is 4.61. The van der Waals surface area contributed by atoms with Crippen LogP contribution in [0.15, 0.2) is 47.1 Å². The summed E-state index contributed by atoms with van der Waals surface area (Å²) < 4.78 is 10.5. The maximum Gasteiger partial charge on any atom is 0.335 e. The fourth-order valence-electron chi connectivity index (χ4n) is 1.69. The van der Waals surface area contributed by atoms with Gasteiger partial charge in [0, 0.05) is 0 Å². The molecule has 2 rings (SSSR count). The van der Waals surface area contributed by atoms with E-state index >= 15 is 0 Å². The summed E-state index contributed by atoms with van der Waals surface area (Å²) in [5, 5.41) is 11.6. The Morgan fingerprint density at radius 1 is 1.33 bits per heavy atom. The van der Waals surface area contributed by atoms with Crippen molar-refractivity contribution in [3.8, 4) is 5.75 Å². The first-order chi connectivity index (χ1) is 10.1. The van der Waals surface area contributed by atoms with Crippen molar-refractivity contribution in [1.29, 1.82) is 0 Å². The molecular weight excluding hydrogens is 274 g/mol. The molecule has 1 aromatic carbocycles. The molecule has 1 aromatic heterocycles. The second-order valence-electron chi connectivity index (χ2n) is 4.39. The number of benzene rings is 1. The van der Waals surface area contributed by atoms with Crippen molar-refractivity contribution in [2.24, 2.45) is 0 Å². The smallest absolute Gasteiger partial charge is 0.335 e. The number of ether oxygens (including phenoxy) is 1. The molecule has 0 saturated carbocycles. The van der Waals surface area contributed by atoms with Gasteiger partial charge in [0.2, 0.25) is 0 Å². The number of hydrogen-bond donors (Lipinski definition) is 2. The van der Waals surface area contributed by atoms with E-state index in [1.54, 1.807) is 31.2 Å². The summed E-state index contributed by atoms with van der Waals surface area (Å²) in [6, 6.07) is 9.48. The fourth-order valence-corrected chi connectivity index (χ4v) is 1.69. The van der Waals surface area contributed by atoms with Crippen LogP contribution in [0.1, 0.15) is 23.0 Å². The number of carbonyl (C=O) groups is 2. The van der Waals surface area contributed by atoms with Crippen LogP contribution < -0.4 is 10.1 Å². The standard InChI is InChI=1S/C15H15NO5/c1-10(14(17)16-9-13-6-3-7-20-13)21-12-5-2-4-11(8-12)15(18)19/h2-8,10H,9H2,1H3,(H,16,17)(H,18,19). The molecule has 0 spiro atoms. The molecule has 0 aliphatic rings. The topological polar surface area (TPSA) is 88.8 Å². The zero-order chi connectivity index (χ0) is 15.2. The van der Waals surface area contributed by atoms with Crippen molar-refractivity contribution in [2.45, 2.75) is 19.6 Å². The fraction of sp³-hybridized carbons (Fsp3) is 0.200. The highest BCUT2D eigenvalue weighted by molar-refractivity contribution is 5.88. The molecule has 2 N–H and O–H groups in total. The third kappa shape index (κ3) is 4.10. The van der Waals surface area contributed by atoms with Gasteiger partial charge < -0.3 is 19.6 Å². The van der Waals surface area contributed by atoms with Gasteiger partial charge in [-0.1, -0.05) is 6.07 Å². The third-order valence-corrected chi connectivity index (χ3v) is 2.78. The lowest BCUT2D eigenvalue weighted by Crippen LogP contribution is -2.35. The summed E-state index contributed by atoms with van der Waals surface area (Å²) in [6.07, 6.45) is 0.780. The van der Waals surface area contributed by atoms with Crippen LogP contribution in [0.25, 0.3) is 0 Å². The summed E-state index contributed by atoms with van der Waals surface area (Å²) in [4.78, 5) is 22.7. The normalized spacial score (nSPS) is 11.7. The van der Waals surface area contributed by atoms with E-state index in [4.69, 9.17) is 14.3 Å². The molecule has 1 unspecified atom stereocenters.